The van der Waals surface area contributed by atoms with Crippen LogP contribution in [0.25, 0.3) is 33.4 Å². The van der Waals surface area contributed by atoms with Crippen molar-refractivity contribution in [3.63, 3.8) is 0 Å². The Morgan fingerprint density at radius 2 is 1.86 bits per heavy atom. The van der Waals surface area contributed by atoms with Crippen LogP contribution in [0.2, 0.25) is 0 Å². The molecule has 3 aromatic heterocycles. The van der Waals surface area contributed by atoms with Crippen molar-refractivity contribution < 1.29 is 33.4 Å². The largest absolute Gasteiger partial charge is 0.464 e. The average molecular weight is 926 g/mol. The number of cyclic esters (lactones) is 1. The Morgan fingerprint density at radius 3 is 2.58 bits per heavy atom. The van der Waals surface area contributed by atoms with Gasteiger partial charge in [-0.05, 0) is 82.2 Å². The molecular weight excluding hydrogens is 859 g/mol. The van der Waals surface area contributed by atoms with Crippen molar-refractivity contribution in [1.29, 1.82) is 0 Å². The molecule has 3 aliphatic rings. The Balaban J connectivity index is 1.25. The van der Waals surface area contributed by atoms with Gasteiger partial charge in [-0.1, -0.05) is 33.8 Å². The van der Waals surface area contributed by atoms with Crippen LogP contribution in [-0.4, -0.2) is 136 Å². The van der Waals surface area contributed by atoms with Gasteiger partial charge in [-0.25, -0.2) is 15.2 Å². The number of pyridine rings is 1. The molecule has 0 radical (unpaired) electrons. The van der Waals surface area contributed by atoms with Gasteiger partial charge >= 0.3 is 12.0 Å². The van der Waals surface area contributed by atoms with E-state index in [0.717, 1.165) is 44.7 Å². The third-order valence-electron chi connectivity index (χ3n) is 13.4. The topological polar surface area (TPSA) is 172 Å². The van der Waals surface area contributed by atoms with Crippen molar-refractivity contribution in [2.24, 2.45) is 17.3 Å². The third-order valence-corrected chi connectivity index (χ3v) is 14.3. The second-order valence-corrected chi connectivity index (χ2v) is 20.1. The molecule has 6 heterocycles. The summed E-state index contributed by atoms with van der Waals surface area (Å²) in [5.41, 5.74) is 9.27. The predicted octanol–water partition coefficient (Wildman–Crippen LogP) is 6.08. The average Bonchev–Trinajstić information content (AvgIpc) is 4.07. The minimum atomic E-state index is -1.09. The first-order valence-corrected chi connectivity index (χ1v) is 24.2. The Morgan fingerprint density at radius 1 is 1.09 bits per heavy atom. The van der Waals surface area contributed by atoms with Crippen molar-refractivity contribution in [3.05, 3.63) is 58.2 Å². The zero-order valence-corrected chi connectivity index (χ0v) is 41.0. The number of rotatable bonds is 10. The molecule has 7 rings (SSSR count). The third kappa shape index (κ3) is 9.98. The molecule has 6 bridgehead atoms. The van der Waals surface area contributed by atoms with Crippen LogP contribution in [0.3, 0.4) is 0 Å². The summed E-state index contributed by atoms with van der Waals surface area (Å²) in [7, 11) is 5.04. The molecule has 2 fully saturated rings. The molecule has 0 spiro atoms. The van der Waals surface area contributed by atoms with Crippen molar-refractivity contribution in [2.45, 2.75) is 111 Å². The van der Waals surface area contributed by atoms with Gasteiger partial charge in [0.05, 0.1) is 40.7 Å². The standard InChI is InChI=1S/C49H67N9O7S/c1-11-54(8)45(60)32-19-22-56(26-32)48(63)55(9)42(29(3)4)44(59)52-37-24-40-51-38(27-66-40)31-17-18-39-34(23-31)35(43(57(39)12-2)33-15-13-20-50-41(33)30(5)64-10)25-49(6,7)28-65-47(62)36-16-14-21-58(53-36)46(37)61/h13,15,17-18,20,23,27,29-30,32,36-37,42,53H,11-12,14,16,19,21-22,24-26,28H2,1-10H3,(H,52,59)/t30-,32+,36-,37-,42-/m0/s1. The molecule has 0 unspecified atom stereocenters. The molecule has 17 heteroatoms. The van der Waals surface area contributed by atoms with Crippen molar-refractivity contribution in [1.82, 2.24) is 45.0 Å². The van der Waals surface area contributed by atoms with Crippen LogP contribution in [0.15, 0.2) is 41.9 Å². The highest BCUT2D eigenvalue weighted by molar-refractivity contribution is 7.10. The second-order valence-electron chi connectivity index (χ2n) is 19.1. The summed E-state index contributed by atoms with van der Waals surface area (Å²) in [4.78, 5) is 84.5. The highest BCUT2D eigenvalue weighted by atomic mass is 32.1. The molecule has 16 nitrogen and oxygen atoms in total. The maximum absolute atomic E-state index is 14.6. The number of urea groups is 1. The van der Waals surface area contributed by atoms with Crippen LogP contribution in [-0.2, 0) is 48.0 Å². The van der Waals surface area contributed by atoms with Gasteiger partial charge in [-0.15, -0.1) is 11.3 Å². The minimum Gasteiger partial charge on any atom is -0.464 e. The van der Waals surface area contributed by atoms with E-state index in [1.54, 1.807) is 37.2 Å². The number of likely N-dealkylation sites (N-methyl/N-ethyl adjacent to an activating group) is 1. The van der Waals surface area contributed by atoms with E-state index in [2.05, 4.69) is 60.3 Å². The minimum absolute atomic E-state index is 0.00318. The number of aryl methyl sites for hydroxylation is 1. The number of methoxy groups -OCH3 is 1. The second kappa shape index (κ2) is 20.2. The van der Waals surface area contributed by atoms with Gasteiger partial charge in [0.1, 0.15) is 18.1 Å². The van der Waals surface area contributed by atoms with Gasteiger partial charge in [-0.2, -0.15) is 0 Å². The molecule has 1 aromatic carbocycles. The number of ether oxygens (including phenoxy) is 2. The van der Waals surface area contributed by atoms with Gasteiger partial charge in [0, 0.05) is 99.4 Å². The lowest BCUT2D eigenvalue weighted by molar-refractivity contribution is -0.155. The Hall–Kier alpha value is -5.39. The number of amides is 5. The number of hydrogen-bond donors (Lipinski definition) is 2. The fourth-order valence-electron chi connectivity index (χ4n) is 9.69. The van der Waals surface area contributed by atoms with E-state index in [9.17, 15) is 24.0 Å². The number of benzene rings is 1. The number of carbonyl (C=O) groups is 5. The van der Waals surface area contributed by atoms with Gasteiger partial charge in [0.25, 0.3) is 5.91 Å². The van der Waals surface area contributed by atoms with Crippen LogP contribution in [0.1, 0.15) is 90.1 Å². The Kier molecular flexibility index (Phi) is 14.9. The van der Waals surface area contributed by atoms with E-state index in [-0.39, 0.29) is 49.5 Å². The summed E-state index contributed by atoms with van der Waals surface area (Å²) in [5, 5.41) is 8.11. The van der Waals surface area contributed by atoms with E-state index < -0.39 is 41.3 Å². The summed E-state index contributed by atoms with van der Waals surface area (Å²) >= 11 is 1.41. The Bertz CT molecular complexity index is 2450. The van der Waals surface area contributed by atoms with Gasteiger partial charge in [0.2, 0.25) is 11.8 Å². The number of esters is 1. The number of nitrogens with zero attached hydrogens (tertiary/aromatic N) is 7. The summed E-state index contributed by atoms with van der Waals surface area (Å²) in [5.74, 6) is -2.00. The molecule has 2 N–H and O–H groups in total. The monoisotopic (exact) mass is 925 g/mol. The van der Waals surface area contributed by atoms with Crippen LogP contribution in [0, 0.1) is 17.3 Å². The van der Waals surface area contributed by atoms with Gasteiger partial charge in [0.15, 0.2) is 0 Å². The number of hydrogen-bond acceptors (Lipinski definition) is 11. The van der Waals surface area contributed by atoms with E-state index in [1.165, 1.54) is 21.2 Å². The fourth-order valence-corrected chi connectivity index (χ4v) is 10.5. The molecule has 2 saturated heterocycles. The van der Waals surface area contributed by atoms with Crippen molar-refractivity contribution in [3.8, 4) is 22.5 Å². The summed E-state index contributed by atoms with van der Waals surface area (Å²) < 4.78 is 14.2. The van der Waals surface area contributed by atoms with E-state index in [1.807, 2.05) is 39.1 Å². The first kappa shape index (κ1) is 48.5. The molecule has 5 atom stereocenters. The highest BCUT2D eigenvalue weighted by Gasteiger charge is 2.40. The fraction of sp³-hybridized carbons (Fsp3) is 0.571. The lowest BCUT2D eigenvalue weighted by Gasteiger charge is -2.37. The number of hydrazine groups is 1. The lowest BCUT2D eigenvalue weighted by atomic mass is 9.84. The molecule has 3 aliphatic heterocycles. The van der Waals surface area contributed by atoms with E-state index in [4.69, 9.17) is 19.4 Å². The number of carbonyl (C=O) groups excluding carboxylic acids is 5. The Labute approximate surface area is 392 Å². The van der Waals surface area contributed by atoms with Crippen LogP contribution in [0.5, 0.6) is 0 Å². The molecule has 5 amide bonds. The molecule has 356 valence electrons. The molecule has 0 saturated carbocycles. The molecular formula is C49H67N9O7S. The van der Waals surface area contributed by atoms with Crippen molar-refractivity contribution >= 4 is 52.0 Å². The van der Waals surface area contributed by atoms with Gasteiger partial charge in [-0.3, -0.25) is 29.2 Å². The summed E-state index contributed by atoms with van der Waals surface area (Å²) in [6.45, 7) is 16.3. The number of nitrogens with one attached hydrogen (secondary N) is 2. The van der Waals surface area contributed by atoms with Crippen molar-refractivity contribution in [2.75, 3.05) is 54.0 Å². The first-order chi connectivity index (χ1) is 31.5. The van der Waals surface area contributed by atoms with Gasteiger partial charge < -0.3 is 34.1 Å². The lowest BCUT2D eigenvalue weighted by Crippen LogP contribution is -2.62. The van der Waals surface area contributed by atoms with Crippen LogP contribution < -0.4 is 10.7 Å². The molecule has 4 aromatic rings. The van der Waals surface area contributed by atoms with E-state index in [0.29, 0.717) is 56.9 Å². The number of fused-ring (bicyclic) bond motifs is 6. The van der Waals surface area contributed by atoms with Crippen LogP contribution in [0.4, 0.5) is 4.79 Å². The zero-order chi connectivity index (χ0) is 47.6. The highest BCUT2D eigenvalue weighted by Crippen LogP contribution is 2.42. The maximum atomic E-state index is 14.6. The SMILES string of the molecule is CCN(C)C(=O)[C@@H]1CCN(C(=O)N(C)[C@H](C(=O)N[C@H]2Cc3nc(cs3)-c3ccc4c(c3)c(c(-c3cccnc3[C@H](C)OC)n4CC)CC(C)(C)COC(=O)[C@@H]3CCCN(N3)C2=O)C(C)C)C1. The molecule has 66 heavy (non-hydrogen) atoms. The smallest absolute Gasteiger partial charge is 0.324 e. The maximum Gasteiger partial charge on any atom is 0.324 e. The van der Waals surface area contributed by atoms with E-state index >= 15 is 0 Å². The predicted molar refractivity (Wildman–Crippen MR) is 254 cm³/mol. The summed E-state index contributed by atoms with van der Waals surface area (Å²) in [6, 6.07) is 7.26. The molecule has 0 aliphatic carbocycles. The first-order valence-electron chi connectivity index (χ1n) is 23.4. The number of likely N-dealkylation sites (tertiary alicyclic amines) is 1. The summed E-state index contributed by atoms with van der Waals surface area (Å²) in [6.07, 6.45) is 3.74. The quantitative estimate of drug-likeness (QED) is 0.178. The normalized spacial score (nSPS) is 21.0. The number of thiazole rings is 1. The van der Waals surface area contributed by atoms with Crippen LogP contribution >= 0.6 is 11.3 Å². The zero-order valence-electron chi connectivity index (χ0n) is 40.2. The number of aromatic nitrogens is 3.